The Bertz CT molecular complexity index is 475. The van der Waals surface area contributed by atoms with Gasteiger partial charge >= 0.3 is 0 Å². The van der Waals surface area contributed by atoms with Gasteiger partial charge in [0.25, 0.3) is 0 Å². The molecule has 1 saturated heterocycles. The Morgan fingerprint density at radius 2 is 2.29 bits per heavy atom. The lowest BCUT2D eigenvalue weighted by Gasteiger charge is -2.25. The second kappa shape index (κ2) is 7.00. The number of hydrogen-bond acceptors (Lipinski definition) is 4. The van der Waals surface area contributed by atoms with Crippen LogP contribution in [0.3, 0.4) is 0 Å². The third-order valence-electron chi connectivity index (χ3n) is 4.22. The van der Waals surface area contributed by atoms with E-state index in [1.54, 1.807) is 13.3 Å². The molecule has 1 aromatic rings. The zero-order valence-corrected chi connectivity index (χ0v) is 13.4. The maximum atomic E-state index is 12.3. The van der Waals surface area contributed by atoms with Crippen molar-refractivity contribution >= 4 is 5.91 Å². The number of carbonyl (C=O) groups is 1. The fourth-order valence-electron chi connectivity index (χ4n) is 2.74. The van der Waals surface area contributed by atoms with Crippen molar-refractivity contribution in [3.63, 3.8) is 0 Å². The minimum atomic E-state index is 0.134. The quantitative estimate of drug-likeness (QED) is 0.815. The van der Waals surface area contributed by atoms with E-state index >= 15 is 0 Å². The molecule has 1 aliphatic rings. The molecular formula is C16H25N3O2. The molecule has 0 unspecified atom stereocenters. The van der Waals surface area contributed by atoms with Crippen LogP contribution in [0.25, 0.3) is 0 Å². The first kappa shape index (κ1) is 15.9. The summed E-state index contributed by atoms with van der Waals surface area (Å²) in [4.78, 5) is 20.6. The van der Waals surface area contributed by atoms with E-state index in [0.717, 1.165) is 30.8 Å². The normalized spacial score (nSPS) is 22.5. The van der Waals surface area contributed by atoms with Gasteiger partial charge in [-0.3, -0.25) is 14.7 Å². The number of nitrogens with zero attached hydrogens (tertiary/aromatic N) is 3. The van der Waals surface area contributed by atoms with Crippen molar-refractivity contribution in [1.82, 2.24) is 14.8 Å². The summed E-state index contributed by atoms with van der Waals surface area (Å²) in [7, 11) is 5.71. The molecule has 0 aliphatic carbocycles. The number of likely N-dealkylation sites (N-methyl/N-ethyl adjacent to an activating group) is 2. The lowest BCUT2D eigenvalue weighted by molar-refractivity contribution is -0.129. The molecule has 0 radical (unpaired) electrons. The summed E-state index contributed by atoms with van der Waals surface area (Å²) < 4.78 is 5.41. The molecule has 116 valence electrons. The fourth-order valence-corrected chi connectivity index (χ4v) is 2.74. The third-order valence-corrected chi connectivity index (χ3v) is 4.22. The highest BCUT2D eigenvalue weighted by atomic mass is 16.5. The zero-order valence-electron chi connectivity index (χ0n) is 13.4. The molecule has 0 N–H and O–H groups in total. The second-order valence-electron chi connectivity index (χ2n) is 5.95. The summed E-state index contributed by atoms with van der Waals surface area (Å²) in [5.41, 5.74) is 1.93. The van der Waals surface area contributed by atoms with E-state index in [9.17, 15) is 4.79 Å². The Morgan fingerprint density at radius 1 is 1.52 bits per heavy atom. The highest BCUT2D eigenvalue weighted by molar-refractivity contribution is 5.78. The number of methoxy groups -OCH3 is 1. The number of ether oxygens (including phenoxy) is 1. The van der Waals surface area contributed by atoms with E-state index in [4.69, 9.17) is 4.74 Å². The highest BCUT2D eigenvalue weighted by Crippen LogP contribution is 2.18. The van der Waals surface area contributed by atoms with Gasteiger partial charge in [0, 0.05) is 45.2 Å². The fraction of sp³-hybridized carbons (Fsp3) is 0.625. The van der Waals surface area contributed by atoms with Gasteiger partial charge in [0.05, 0.1) is 12.5 Å². The number of carbonyl (C=O) groups excluding carboxylic acids is 1. The van der Waals surface area contributed by atoms with E-state index < -0.39 is 0 Å². The number of likely N-dealkylation sites (tertiary alicyclic amines) is 1. The standard InChI is InChI=1S/C16H25N3O2/c1-12-5-6-13(9-17-12)7-16(20)19(3)10-14-8-15(21-4)11-18(14)2/h5-6,9,14-15H,7-8,10-11H2,1-4H3/t14-,15-/m0/s1. The van der Waals surface area contributed by atoms with E-state index in [1.807, 2.05) is 31.0 Å². The number of amides is 1. The minimum Gasteiger partial charge on any atom is -0.380 e. The first-order valence-corrected chi connectivity index (χ1v) is 7.38. The van der Waals surface area contributed by atoms with Crippen LogP contribution < -0.4 is 0 Å². The largest absolute Gasteiger partial charge is 0.380 e. The lowest BCUT2D eigenvalue weighted by Crippen LogP contribution is -2.40. The Hall–Kier alpha value is -1.46. The van der Waals surface area contributed by atoms with Gasteiger partial charge in [-0.1, -0.05) is 6.07 Å². The highest BCUT2D eigenvalue weighted by Gasteiger charge is 2.30. The Labute approximate surface area is 126 Å². The molecule has 5 heteroatoms. The Balaban J connectivity index is 1.86. The Kier molecular flexibility index (Phi) is 5.31. The van der Waals surface area contributed by atoms with Gasteiger partial charge in [-0.25, -0.2) is 0 Å². The maximum Gasteiger partial charge on any atom is 0.226 e. The predicted molar refractivity (Wildman–Crippen MR) is 82.1 cm³/mol. The average molecular weight is 291 g/mol. The van der Waals surface area contributed by atoms with Crippen molar-refractivity contribution in [3.8, 4) is 0 Å². The molecule has 0 spiro atoms. The number of aromatic nitrogens is 1. The van der Waals surface area contributed by atoms with E-state index in [2.05, 4.69) is 16.9 Å². The zero-order chi connectivity index (χ0) is 15.4. The summed E-state index contributed by atoms with van der Waals surface area (Å²) >= 11 is 0. The van der Waals surface area contributed by atoms with Crippen LogP contribution in [0.4, 0.5) is 0 Å². The predicted octanol–water partition coefficient (Wildman–Crippen LogP) is 1.11. The first-order valence-electron chi connectivity index (χ1n) is 7.38. The van der Waals surface area contributed by atoms with Crippen molar-refractivity contribution in [1.29, 1.82) is 0 Å². The second-order valence-corrected chi connectivity index (χ2v) is 5.95. The number of aryl methyl sites for hydroxylation is 1. The molecule has 0 saturated carbocycles. The van der Waals surface area contributed by atoms with Crippen LogP contribution in [0.2, 0.25) is 0 Å². The van der Waals surface area contributed by atoms with Gasteiger partial charge in [0.1, 0.15) is 0 Å². The molecule has 2 heterocycles. The monoisotopic (exact) mass is 291 g/mol. The minimum absolute atomic E-state index is 0.134. The first-order chi connectivity index (χ1) is 9.99. The molecule has 2 rings (SSSR count). The Morgan fingerprint density at radius 3 is 2.86 bits per heavy atom. The molecule has 0 aromatic carbocycles. The molecule has 1 amide bonds. The van der Waals surface area contributed by atoms with Crippen LogP contribution in [0.15, 0.2) is 18.3 Å². The molecule has 1 aromatic heterocycles. The number of hydrogen-bond donors (Lipinski definition) is 0. The average Bonchev–Trinajstić information content (AvgIpc) is 2.82. The number of rotatable bonds is 5. The van der Waals surface area contributed by atoms with Gasteiger partial charge in [0.15, 0.2) is 0 Å². The van der Waals surface area contributed by atoms with E-state index in [1.165, 1.54) is 0 Å². The van der Waals surface area contributed by atoms with Crippen LogP contribution >= 0.6 is 0 Å². The summed E-state index contributed by atoms with van der Waals surface area (Å²) in [5.74, 6) is 0.134. The van der Waals surface area contributed by atoms with Gasteiger partial charge in [-0.15, -0.1) is 0 Å². The SMILES string of the molecule is CO[C@H]1C[C@@H](CN(C)C(=O)Cc2ccc(C)nc2)N(C)C1. The van der Waals surface area contributed by atoms with Crippen molar-refractivity contribution < 1.29 is 9.53 Å². The molecule has 0 bridgehead atoms. The van der Waals surface area contributed by atoms with Crippen LogP contribution in [0.5, 0.6) is 0 Å². The number of pyridine rings is 1. The van der Waals surface area contributed by atoms with Crippen molar-refractivity contribution in [2.24, 2.45) is 0 Å². The molecule has 1 fully saturated rings. The summed E-state index contributed by atoms with van der Waals surface area (Å²) in [6, 6.07) is 4.29. The molecule has 1 aliphatic heterocycles. The molecular weight excluding hydrogens is 266 g/mol. The van der Waals surface area contributed by atoms with Crippen LogP contribution in [-0.2, 0) is 16.0 Å². The van der Waals surface area contributed by atoms with Crippen molar-refractivity contribution in [2.75, 3.05) is 34.3 Å². The van der Waals surface area contributed by atoms with Gasteiger partial charge in [0.2, 0.25) is 5.91 Å². The van der Waals surface area contributed by atoms with Crippen LogP contribution in [0.1, 0.15) is 17.7 Å². The third kappa shape index (κ3) is 4.25. The van der Waals surface area contributed by atoms with Crippen molar-refractivity contribution in [3.05, 3.63) is 29.6 Å². The van der Waals surface area contributed by atoms with Crippen molar-refractivity contribution in [2.45, 2.75) is 31.9 Å². The van der Waals surface area contributed by atoms with Gasteiger partial charge in [-0.05, 0) is 32.0 Å². The topological polar surface area (TPSA) is 45.7 Å². The summed E-state index contributed by atoms with van der Waals surface area (Å²) in [6.45, 7) is 3.62. The smallest absolute Gasteiger partial charge is 0.226 e. The van der Waals surface area contributed by atoms with Gasteiger partial charge in [-0.2, -0.15) is 0 Å². The molecule has 2 atom stereocenters. The van der Waals surface area contributed by atoms with E-state index in [-0.39, 0.29) is 12.0 Å². The lowest BCUT2D eigenvalue weighted by atomic mass is 10.1. The van der Waals surface area contributed by atoms with E-state index in [0.29, 0.717) is 12.5 Å². The van der Waals surface area contributed by atoms with Crippen LogP contribution in [-0.4, -0.2) is 67.1 Å². The summed E-state index contributed by atoms with van der Waals surface area (Å²) in [5, 5.41) is 0. The maximum absolute atomic E-state index is 12.3. The summed E-state index contributed by atoms with van der Waals surface area (Å²) in [6.07, 6.45) is 3.46. The van der Waals surface area contributed by atoms with Crippen LogP contribution in [0, 0.1) is 6.92 Å². The molecule has 21 heavy (non-hydrogen) atoms. The van der Waals surface area contributed by atoms with Gasteiger partial charge < -0.3 is 9.64 Å². The molecule has 5 nitrogen and oxygen atoms in total.